The van der Waals surface area contributed by atoms with Gasteiger partial charge in [-0.1, -0.05) is 12.1 Å². The van der Waals surface area contributed by atoms with Gasteiger partial charge >= 0.3 is 0 Å². The SMILES string of the molecule is COc1ccc(N([C@H](C)C(=O)N/N=C\c2ccc(OCC(=O)Nc3ccccc3OC)cc2)S(C)(=O)=O)cc1. The van der Waals surface area contributed by atoms with Crippen LogP contribution in [0.25, 0.3) is 0 Å². The smallest absolute Gasteiger partial charge is 0.263 e. The number of hydrogen-bond donors (Lipinski definition) is 2. The molecule has 3 rings (SSSR count). The fourth-order valence-electron chi connectivity index (χ4n) is 3.53. The van der Waals surface area contributed by atoms with Gasteiger partial charge in [0.05, 0.1) is 38.1 Å². The van der Waals surface area contributed by atoms with Crippen molar-refractivity contribution in [3.05, 3.63) is 78.4 Å². The first kappa shape index (κ1) is 29.0. The van der Waals surface area contributed by atoms with Crippen LogP contribution in [0.4, 0.5) is 11.4 Å². The quantitative estimate of drug-likeness (QED) is 0.259. The van der Waals surface area contributed by atoms with Gasteiger partial charge in [0, 0.05) is 0 Å². The molecule has 0 aromatic heterocycles. The lowest BCUT2D eigenvalue weighted by Crippen LogP contribution is -2.46. The first-order valence-corrected chi connectivity index (χ1v) is 13.6. The molecule has 1 atom stereocenters. The number of hydrazone groups is 1. The minimum absolute atomic E-state index is 0.204. The molecule has 11 nitrogen and oxygen atoms in total. The molecule has 2 N–H and O–H groups in total. The van der Waals surface area contributed by atoms with Gasteiger partial charge in [-0.05, 0) is 73.2 Å². The van der Waals surface area contributed by atoms with Gasteiger partial charge in [0.1, 0.15) is 23.3 Å². The summed E-state index contributed by atoms with van der Waals surface area (Å²) in [5, 5.41) is 6.66. The fourth-order valence-corrected chi connectivity index (χ4v) is 4.71. The predicted octanol–water partition coefficient (Wildman–Crippen LogP) is 3.03. The number of carbonyl (C=O) groups is 2. The van der Waals surface area contributed by atoms with Crippen LogP contribution >= 0.6 is 0 Å². The van der Waals surface area contributed by atoms with Crippen LogP contribution in [0.2, 0.25) is 0 Å². The number of benzene rings is 3. The summed E-state index contributed by atoms with van der Waals surface area (Å²) in [5.41, 5.74) is 3.87. The van der Waals surface area contributed by atoms with E-state index in [0.29, 0.717) is 34.2 Å². The van der Waals surface area contributed by atoms with E-state index in [-0.39, 0.29) is 12.5 Å². The maximum absolute atomic E-state index is 12.7. The number of methoxy groups -OCH3 is 2. The summed E-state index contributed by atoms with van der Waals surface area (Å²) >= 11 is 0. The maximum Gasteiger partial charge on any atom is 0.263 e. The Hall–Kier alpha value is -4.58. The largest absolute Gasteiger partial charge is 0.497 e. The van der Waals surface area contributed by atoms with Crippen molar-refractivity contribution in [2.75, 3.05) is 36.7 Å². The van der Waals surface area contributed by atoms with Crippen LogP contribution in [0.3, 0.4) is 0 Å². The molecule has 39 heavy (non-hydrogen) atoms. The van der Waals surface area contributed by atoms with Crippen LogP contribution in [0.1, 0.15) is 12.5 Å². The number of amides is 2. The summed E-state index contributed by atoms with van der Waals surface area (Å²) < 4.78 is 41.7. The number of nitrogens with one attached hydrogen (secondary N) is 2. The van der Waals surface area contributed by atoms with Crippen LogP contribution < -0.4 is 29.3 Å². The van der Waals surface area contributed by atoms with E-state index in [1.54, 1.807) is 72.8 Å². The molecule has 0 spiro atoms. The Balaban J connectivity index is 1.54. The molecular formula is C27H30N4O7S. The number of nitrogens with zero attached hydrogens (tertiary/aromatic N) is 2. The highest BCUT2D eigenvalue weighted by atomic mass is 32.2. The molecule has 0 heterocycles. The number of sulfonamides is 1. The number of ether oxygens (including phenoxy) is 3. The Morgan fingerprint density at radius 1 is 0.949 bits per heavy atom. The lowest BCUT2D eigenvalue weighted by atomic mass is 10.2. The molecule has 0 bridgehead atoms. The lowest BCUT2D eigenvalue weighted by Gasteiger charge is -2.27. The molecule has 0 fully saturated rings. The van der Waals surface area contributed by atoms with Gasteiger partial charge in [0.25, 0.3) is 11.8 Å². The Kier molecular flexibility index (Phi) is 9.87. The van der Waals surface area contributed by atoms with E-state index < -0.39 is 22.0 Å². The second-order valence-electron chi connectivity index (χ2n) is 8.27. The van der Waals surface area contributed by atoms with Crippen molar-refractivity contribution in [3.8, 4) is 17.2 Å². The molecule has 0 saturated heterocycles. The zero-order valence-electron chi connectivity index (χ0n) is 22.0. The Labute approximate surface area is 227 Å². The molecule has 0 radical (unpaired) electrons. The monoisotopic (exact) mass is 554 g/mol. The van der Waals surface area contributed by atoms with E-state index >= 15 is 0 Å². The standard InChI is InChI=1S/C27H30N4O7S/c1-19(31(39(4,34)35)21-11-15-22(36-2)16-12-21)27(33)30-28-17-20-9-13-23(14-10-20)38-18-26(32)29-24-7-5-6-8-25(24)37-3/h5-17,19H,18H2,1-4H3,(H,29,32)(H,30,33)/b28-17-/t19-/m1/s1. The predicted molar refractivity (Wildman–Crippen MR) is 149 cm³/mol. The molecule has 0 aliphatic heterocycles. The van der Waals surface area contributed by atoms with Gasteiger partial charge in [-0.3, -0.25) is 13.9 Å². The molecule has 0 aliphatic carbocycles. The van der Waals surface area contributed by atoms with Gasteiger partial charge in [0.15, 0.2) is 6.61 Å². The summed E-state index contributed by atoms with van der Waals surface area (Å²) in [5.74, 6) is 0.596. The van der Waals surface area contributed by atoms with E-state index in [0.717, 1.165) is 10.6 Å². The summed E-state index contributed by atoms with van der Waals surface area (Å²) in [6.45, 7) is 1.26. The van der Waals surface area contributed by atoms with E-state index in [4.69, 9.17) is 14.2 Å². The number of carbonyl (C=O) groups excluding carboxylic acids is 2. The Morgan fingerprint density at radius 2 is 1.59 bits per heavy atom. The maximum atomic E-state index is 12.7. The first-order valence-electron chi connectivity index (χ1n) is 11.7. The van der Waals surface area contributed by atoms with Crippen molar-refractivity contribution in [2.45, 2.75) is 13.0 Å². The minimum Gasteiger partial charge on any atom is -0.497 e. The highest BCUT2D eigenvalue weighted by molar-refractivity contribution is 7.92. The normalized spacial score (nSPS) is 11.9. The topological polar surface area (TPSA) is 136 Å². The van der Waals surface area contributed by atoms with E-state index in [9.17, 15) is 18.0 Å². The van der Waals surface area contributed by atoms with Crippen molar-refractivity contribution in [1.29, 1.82) is 0 Å². The van der Waals surface area contributed by atoms with Crippen LogP contribution in [-0.4, -0.2) is 59.6 Å². The Morgan fingerprint density at radius 3 is 2.21 bits per heavy atom. The number of anilines is 2. The molecular weight excluding hydrogens is 524 g/mol. The van der Waals surface area contributed by atoms with E-state index in [1.165, 1.54) is 27.4 Å². The molecule has 206 valence electrons. The first-order chi connectivity index (χ1) is 18.6. The average Bonchev–Trinajstić information content (AvgIpc) is 2.92. The molecule has 0 aliphatic rings. The second-order valence-corrected chi connectivity index (χ2v) is 10.1. The van der Waals surface area contributed by atoms with Crippen molar-refractivity contribution < 1.29 is 32.2 Å². The zero-order chi connectivity index (χ0) is 28.4. The third-order valence-corrected chi connectivity index (χ3v) is 6.68. The Bertz CT molecular complexity index is 1410. The zero-order valence-corrected chi connectivity index (χ0v) is 22.8. The van der Waals surface area contributed by atoms with Gasteiger partial charge < -0.3 is 19.5 Å². The fraction of sp³-hybridized carbons (Fsp3) is 0.222. The van der Waals surface area contributed by atoms with Crippen LogP contribution in [0.15, 0.2) is 77.9 Å². The molecule has 3 aromatic rings. The lowest BCUT2D eigenvalue weighted by molar-refractivity contribution is -0.121. The number of rotatable bonds is 12. The van der Waals surface area contributed by atoms with Crippen LogP contribution in [-0.2, 0) is 19.6 Å². The van der Waals surface area contributed by atoms with Crippen molar-refractivity contribution in [3.63, 3.8) is 0 Å². The van der Waals surface area contributed by atoms with Crippen LogP contribution in [0.5, 0.6) is 17.2 Å². The number of hydrogen-bond acceptors (Lipinski definition) is 8. The highest BCUT2D eigenvalue weighted by Gasteiger charge is 2.29. The molecule has 12 heteroatoms. The van der Waals surface area contributed by atoms with Crippen LogP contribution in [0, 0.1) is 0 Å². The van der Waals surface area contributed by atoms with Crippen molar-refractivity contribution >= 4 is 39.4 Å². The minimum atomic E-state index is -3.77. The van der Waals surface area contributed by atoms with Gasteiger partial charge in [-0.25, -0.2) is 13.8 Å². The van der Waals surface area contributed by atoms with Crippen molar-refractivity contribution in [1.82, 2.24) is 5.43 Å². The van der Waals surface area contributed by atoms with Gasteiger partial charge in [-0.2, -0.15) is 5.10 Å². The average molecular weight is 555 g/mol. The third kappa shape index (κ3) is 8.20. The van der Waals surface area contributed by atoms with E-state index in [2.05, 4.69) is 15.8 Å². The van der Waals surface area contributed by atoms with Gasteiger partial charge in [-0.15, -0.1) is 0 Å². The summed E-state index contributed by atoms with van der Waals surface area (Å²) in [4.78, 5) is 24.9. The third-order valence-electron chi connectivity index (χ3n) is 5.43. The highest BCUT2D eigenvalue weighted by Crippen LogP contribution is 2.24. The number of para-hydroxylation sites is 2. The summed E-state index contributed by atoms with van der Waals surface area (Å²) in [6.07, 6.45) is 2.43. The molecule has 3 aromatic carbocycles. The summed E-state index contributed by atoms with van der Waals surface area (Å²) in [6, 6.07) is 19.0. The van der Waals surface area contributed by atoms with E-state index in [1.807, 2.05) is 0 Å². The summed E-state index contributed by atoms with van der Waals surface area (Å²) in [7, 11) is -0.745. The second kappa shape index (κ2) is 13.3. The van der Waals surface area contributed by atoms with Crippen molar-refractivity contribution in [2.24, 2.45) is 5.10 Å². The molecule has 0 saturated carbocycles. The van der Waals surface area contributed by atoms with Gasteiger partial charge in [0.2, 0.25) is 10.0 Å². The molecule has 0 unspecified atom stereocenters. The molecule has 2 amide bonds.